The zero-order chi connectivity index (χ0) is 9.00. The molecule has 12 N–H and O–H groups in total. The Balaban J connectivity index is -0.00000000508. The molecule has 0 saturated carbocycles. The zero-order valence-corrected chi connectivity index (χ0v) is 15.6. The number of hydrogen-bond donors (Lipinski definition) is 0. The molecule has 0 aliphatic carbocycles. The van der Waals surface area contributed by atoms with Crippen molar-refractivity contribution in [1.82, 2.24) is 0 Å². The van der Waals surface area contributed by atoms with E-state index in [1.165, 1.54) is 0 Å². The van der Waals surface area contributed by atoms with Crippen molar-refractivity contribution in [2.45, 2.75) is 0 Å². The van der Waals surface area contributed by atoms with E-state index in [4.69, 9.17) is 28.8 Å². The molecule has 0 spiro atoms. The molecule has 0 unspecified atom stereocenters. The molecule has 0 rings (SSSR count). The van der Waals surface area contributed by atoms with Gasteiger partial charge in [-0.15, -0.1) is 0 Å². The molecule has 0 aliphatic heterocycles. The van der Waals surface area contributed by atoms with E-state index < -0.39 is 18.3 Å². The Bertz CT molecular complexity index is 72.0. The standard InChI is InChI=1S/2FO3Si.3Mg.6H2O/c2*1-5(2,3)4;;;;;;;;;/h;;;;;6*1H2/q2*-3;3*+2;;;;;;. The van der Waals surface area contributed by atoms with Crippen LogP contribution in [0, 0.1) is 0 Å². The molecule has 0 bridgehead atoms. The zero-order valence-electron chi connectivity index (χ0n) is 9.33. The van der Waals surface area contributed by atoms with Gasteiger partial charge in [0.2, 0.25) is 0 Å². The molecule has 0 aliphatic rings. The first-order valence-corrected chi connectivity index (χ1v) is 4.81. The van der Waals surface area contributed by atoms with Crippen molar-refractivity contribution >= 4 is 87.4 Å². The van der Waals surface area contributed by atoms with E-state index in [9.17, 15) is 8.22 Å². The minimum absolute atomic E-state index is 0. The van der Waals surface area contributed by atoms with Gasteiger partial charge < -0.3 is 69.8 Å². The van der Waals surface area contributed by atoms with Crippen LogP contribution in [0.4, 0.5) is 8.22 Å². The monoisotopic (exact) mass is 370 g/mol. The van der Waals surface area contributed by atoms with Crippen LogP contribution in [-0.2, 0) is 0 Å². The molecule has 0 aromatic heterocycles. The second-order valence-corrected chi connectivity index (χ2v) is 2.89. The number of hydrogen-bond acceptors (Lipinski definition) is 6. The maximum Gasteiger partial charge on any atom is 2.00 e. The predicted molar refractivity (Wildman–Crippen MR) is 52.7 cm³/mol. The summed E-state index contributed by atoms with van der Waals surface area (Å²) in [5.74, 6) is 0. The van der Waals surface area contributed by atoms with Crippen LogP contribution >= 0.6 is 0 Å². The van der Waals surface area contributed by atoms with Crippen molar-refractivity contribution in [1.29, 1.82) is 0 Å². The van der Waals surface area contributed by atoms with Crippen molar-refractivity contribution in [2.24, 2.45) is 0 Å². The summed E-state index contributed by atoms with van der Waals surface area (Å²) in [5, 5.41) is 0. The quantitative estimate of drug-likeness (QED) is 0.293. The largest absolute Gasteiger partial charge is 2.00 e. The maximum absolute atomic E-state index is 10.2. The van der Waals surface area contributed by atoms with Gasteiger partial charge in [0, 0.05) is 0 Å². The van der Waals surface area contributed by atoms with E-state index >= 15 is 0 Å². The molecular formula is H12F2Mg3O12Si2. The Morgan fingerprint density at radius 3 is 0.421 bits per heavy atom. The summed E-state index contributed by atoms with van der Waals surface area (Å²) in [4.78, 5) is 50.8. The topological polar surface area (TPSA) is 327 Å². The van der Waals surface area contributed by atoms with Crippen LogP contribution in [0.1, 0.15) is 0 Å². The summed E-state index contributed by atoms with van der Waals surface area (Å²) < 4.78 is 20.3. The SMILES string of the molecule is O.O.O.O.O.O.[Mg+2].[Mg+2].[Mg+2].[O-][Si]([O-])([O-])F.[O-][Si]([O-])([O-])F. The second-order valence-electron chi connectivity index (χ2n) is 0.963. The van der Waals surface area contributed by atoms with Crippen LogP contribution in [0.15, 0.2) is 0 Å². The van der Waals surface area contributed by atoms with E-state index in [1.807, 2.05) is 0 Å². The minimum atomic E-state index is -5.86. The van der Waals surface area contributed by atoms with Gasteiger partial charge in [0.25, 0.3) is 0 Å². The molecule has 0 heterocycles. The normalized spacial score (nSPS) is 6.32. The average Bonchev–Trinajstić information content (AvgIpc) is 1.12. The van der Waals surface area contributed by atoms with Crippen LogP contribution in [-0.4, -0.2) is 120 Å². The molecule has 19 heavy (non-hydrogen) atoms. The van der Waals surface area contributed by atoms with Gasteiger partial charge in [-0.1, -0.05) is 18.3 Å². The Hall–Kier alpha value is 2.11. The number of rotatable bonds is 0. The van der Waals surface area contributed by atoms with Crippen LogP contribution < -0.4 is 28.8 Å². The molecule has 19 heteroatoms. The molecule has 0 fully saturated rings. The first-order valence-electron chi connectivity index (χ1n) is 1.60. The molecule has 112 valence electrons. The summed E-state index contributed by atoms with van der Waals surface area (Å²) in [6.45, 7) is 0. The van der Waals surface area contributed by atoms with Crippen LogP contribution in [0.3, 0.4) is 0 Å². The van der Waals surface area contributed by atoms with E-state index in [2.05, 4.69) is 0 Å². The summed E-state index contributed by atoms with van der Waals surface area (Å²) in [5.41, 5.74) is 0. The van der Waals surface area contributed by atoms with Crippen LogP contribution in [0.2, 0.25) is 0 Å². The first-order chi connectivity index (χ1) is 4.00. The molecule has 12 nitrogen and oxygen atoms in total. The third-order valence-electron chi connectivity index (χ3n) is 0. The molecule has 0 aromatic carbocycles. The minimum Gasteiger partial charge on any atom is -0.857 e. The molecule has 0 atom stereocenters. The predicted octanol–water partition coefficient (Wildman–Crippen LogP) is -13.1. The summed E-state index contributed by atoms with van der Waals surface area (Å²) >= 11 is 0. The molecule has 0 radical (unpaired) electrons. The van der Waals surface area contributed by atoms with Crippen molar-refractivity contribution in [3.8, 4) is 0 Å². The summed E-state index contributed by atoms with van der Waals surface area (Å²) in [6.07, 6.45) is 0. The van der Waals surface area contributed by atoms with Gasteiger partial charge in [0.1, 0.15) is 0 Å². The van der Waals surface area contributed by atoms with Crippen molar-refractivity contribution < 1.29 is 69.8 Å². The van der Waals surface area contributed by atoms with Gasteiger partial charge in [0.15, 0.2) is 0 Å². The molecular weight excluding hydrogens is 359 g/mol. The fourth-order valence-electron chi connectivity index (χ4n) is 0. The summed E-state index contributed by atoms with van der Waals surface area (Å²) in [6, 6.07) is 0. The van der Waals surface area contributed by atoms with Crippen molar-refractivity contribution in [3.63, 3.8) is 0 Å². The van der Waals surface area contributed by atoms with Crippen molar-refractivity contribution in [3.05, 3.63) is 0 Å². The fraction of sp³-hybridized carbons (Fsp3) is 0. The first kappa shape index (κ1) is 83.5. The third-order valence-corrected chi connectivity index (χ3v) is 0. The van der Waals surface area contributed by atoms with E-state index in [0.29, 0.717) is 0 Å². The van der Waals surface area contributed by atoms with Crippen LogP contribution in [0.25, 0.3) is 0 Å². The van der Waals surface area contributed by atoms with Gasteiger partial charge >= 0.3 is 69.2 Å². The van der Waals surface area contributed by atoms with Gasteiger partial charge in [-0.2, -0.15) is 0 Å². The Kier molecular flexibility index (Phi) is 162. The second kappa shape index (κ2) is 36.9. The summed E-state index contributed by atoms with van der Waals surface area (Å²) in [7, 11) is -11.7. The molecule has 0 saturated heterocycles. The third kappa shape index (κ3) is 1480. The van der Waals surface area contributed by atoms with Gasteiger partial charge in [-0.25, -0.2) is 0 Å². The van der Waals surface area contributed by atoms with Gasteiger partial charge in [-0.05, 0) is 0 Å². The Morgan fingerprint density at radius 1 is 0.421 bits per heavy atom. The molecule has 0 aromatic rings. The molecule has 0 amide bonds. The van der Waals surface area contributed by atoms with E-state index in [1.54, 1.807) is 0 Å². The van der Waals surface area contributed by atoms with E-state index in [-0.39, 0.29) is 102 Å². The fourth-order valence-corrected chi connectivity index (χ4v) is 0. The number of halogens is 2. The van der Waals surface area contributed by atoms with Crippen LogP contribution in [0.5, 0.6) is 0 Å². The van der Waals surface area contributed by atoms with Gasteiger partial charge in [0.05, 0.1) is 0 Å². The Labute approximate surface area is 156 Å². The van der Waals surface area contributed by atoms with Gasteiger partial charge in [-0.3, -0.25) is 0 Å². The average molecular weight is 371 g/mol. The maximum atomic E-state index is 10.2. The van der Waals surface area contributed by atoms with Crippen molar-refractivity contribution in [2.75, 3.05) is 0 Å². The Morgan fingerprint density at radius 2 is 0.421 bits per heavy atom. The smallest absolute Gasteiger partial charge is 0.857 e. The van der Waals surface area contributed by atoms with E-state index in [0.717, 1.165) is 0 Å².